The summed E-state index contributed by atoms with van der Waals surface area (Å²) in [5, 5.41) is 7.79. The van der Waals surface area contributed by atoms with Crippen molar-refractivity contribution in [3.8, 4) is 0 Å². The lowest BCUT2D eigenvalue weighted by atomic mass is 9.99. The summed E-state index contributed by atoms with van der Waals surface area (Å²) in [6, 6.07) is -0.661. The number of nitrogens with one attached hydrogen (secondary N) is 1. The zero-order valence-corrected chi connectivity index (χ0v) is 15.1. The van der Waals surface area contributed by atoms with E-state index in [2.05, 4.69) is 20.0 Å². The van der Waals surface area contributed by atoms with Crippen molar-refractivity contribution in [2.24, 2.45) is 12.8 Å². The second kappa shape index (κ2) is 6.79. The van der Waals surface area contributed by atoms with Crippen molar-refractivity contribution in [3.63, 3.8) is 0 Å². The second-order valence-corrected chi connectivity index (χ2v) is 7.73. The lowest BCUT2D eigenvalue weighted by molar-refractivity contribution is 0.333. The summed E-state index contributed by atoms with van der Waals surface area (Å²) in [6.45, 7) is 1.64. The van der Waals surface area contributed by atoms with Crippen molar-refractivity contribution >= 4 is 22.4 Å². The van der Waals surface area contributed by atoms with E-state index in [1.165, 1.54) is 17.1 Å². The fourth-order valence-electron chi connectivity index (χ4n) is 2.73. The molecule has 11 heteroatoms. The quantitative estimate of drug-likeness (QED) is 0.795. The van der Waals surface area contributed by atoms with Gasteiger partial charge in [0.05, 0.1) is 17.8 Å². The molecule has 0 amide bonds. The normalized spacial score (nSPS) is 18.3. The number of rotatable bonds is 5. The first kappa shape index (κ1) is 18.8. The Morgan fingerprint density at radius 1 is 1.42 bits per heavy atom. The Kier molecular flexibility index (Phi) is 5.33. The summed E-state index contributed by atoms with van der Waals surface area (Å²) in [4.78, 5) is 4.38. The van der Waals surface area contributed by atoms with E-state index in [4.69, 9.17) is 10.3 Å². The van der Waals surface area contributed by atoms with Gasteiger partial charge in [0, 0.05) is 13.2 Å². The van der Waals surface area contributed by atoms with E-state index in [0.29, 0.717) is 5.82 Å². The molecule has 1 saturated carbocycles. The standard InChI is InChI=1S/C13H20N6O3S.ClH/c1-9(18-23(20,21)10-7-15-19(2)8-10)11-16-12(17-22-11)13(14)5-3-4-6-13;/h7-9,18H,3-6,14H2,1-2H3;1H. The molecule has 1 unspecified atom stereocenters. The van der Waals surface area contributed by atoms with Crippen LogP contribution in [0, 0.1) is 0 Å². The molecule has 0 aliphatic heterocycles. The Hall–Kier alpha value is -1.49. The molecular weight excluding hydrogens is 356 g/mol. The van der Waals surface area contributed by atoms with Crippen LogP contribution in [0.3, 0.4) is 0 Å². The van der Waals surface area contributed by atoms with Gasteiger partial charge in [0.15, 0.2) is 5.82 Å². The maximum atomic E-state index is 12.3. The molecule has 2 heterocycles. The first-order valence-electron chi connectivity index (χ1n) is 7.44. The molecule has 0 saturated heterocycles. The van der Waals surface area contributed by atoms with Crippen molar-refractivity contribution in [1.82, 2.24) is 24.6 Å². The van der Waals surface area contributed by atoms with Crippen LogP contribution in [-0.2, 0) is 22.6 Å². The third-order valence-corrected chi connectivity index (χ3v) is 5.57. The number of sulfonamides is 1. The number of hydrogen-bond acceptors (Lipinski definition) is 7. The zero-order valence-electron chi connectivity index (χ0n) is 13.5. The predicted octanol–water partition coefficient (Wildman–Crippen LogP) is 0.992. The molecule has 1 aliphatic carbocycles. The van der Waals surface area contributed by atoms with Crippen LogP contribution in [0.15, 0.2) is 21.8 Å². The highest BCUT2D eigenvalue weighted by atomic mass is 35.5. The second-order valence-electron chi connectivity index (χ2n) is 6.01. The van der Waals surface area contributed by atoms with Gasteiger partial charge >= 0.3 is 0 Å². The van der Waals surface area contributed by atoms with Crippen LogP contribution in [-0.4, -0.2) is 28.3 Å². The van der Waals surface area contributed by atoms with Gasteiger partial charge in [-0.3, -0.25) is 4.68 Å². The van der Waals surface area contributed by atoms with Gasteiger partial charge in [0.2, 0.25) is 15.9 Å². The van der Waals surface area contributed by atoms with E-state index in [0.717, 1.165) is 25.7 Å². The molecule has 3 rings (SSSR count). The summed E-state index contributed by atoms with van der Waals surface area (Å²) >= 11 is 0. The molecule has 9 nitrogen and oxygen atoms in total. The smallest absolute Gasteiger partial charge is 0.244 e. The maximum Gasteiger partial charge on any atom is 0.244 e. The largest absolute Gasteiger partial charge is 0.338 e. The molecule has 0 radical (unpaired) electrons. The molecule has 0 spiro atoms. The van der Waals surface area contributed by atoms with E-state index in [9.17, 15) is 8.42 Å². The molecule has 134 valence electrons. The molecule has 3 N–H and O–H groups in total. The van der Waals surface area contributed by atoms with Gasteiger partial charge < -0.3 is 10.3 Å². The van der Waals surface area contributed by atoms with Gasteiger partial charge in [-0.2, -0.15) is 14.8 Å². The molecule has 2 aromatic rings. The molecule has 24 heavy (non-hydrogen) atoms. The van der Waals surface area contributed by atoms with Gasteiger partial charge in [0.1, 0.15) is 4.90 Å². The van der Waals surface area contributed by atoms with Crippen LogP contribution >= 0.6 is 12.4 Å². The number of aryl methyl sites for hydroxylation is 1. The lowest BCUT2D eigenvalue weighted by Gasteiger charge is -2.17. The highest BCUT2D eigenvalue weighted by molar-refractivity contribution is 7.89. The van der Waals surface area contributed by atoms with Gasteiger partial charge in [-0.25, -0.2) is 8.42 Å². The minimum absolute atomic E-state index is 0. The summed E-state index contributed by atoms with van der Waals surface area (Å²) in [5.41, 5.74) is 5.71. The molecule has 0 aromatic carbocycles. The van der Waals surface area contributed by atoms with Crippen molar-refractivity contribution in [3.05, 3.63) is 24.1 Å². The molecular formula is C13H21ClN6O3S. The lowest BCUT2D eigenvalue weighted by Crippen LogP contribution is -2.34. The van der Waals surface area contributed by atoms with Crippen LogP contribution in [0.2, 0.25) is 0 Å². The number of halogens is 1. The molecule has 0 bridgehead atoms. The number of nitrogens with two attached hydrogens (primary N) is 1. The first-order valence-corrected chi connectivity index (χ1v) is 8.92. The van der Waals surface area contributed by atoms with Gasteiger partial charge in [-0.05, 0) is 19.8 Å². The van der Waals surface area contributed by atoms with Crippen molar-refractivity contribution in [1.29, 1.82) is 0 Å². The summed E-state index contributed by atoms with van der Waals surface area (Å²) in [5.74, 6) is 0.640. The summed E-state index contributed by atoms with van der Waals surface area (Å²) < 4.78 is 33.7. The predicted molar refractivity (Wildman–Crippen MR) is 87.8 cm³/mol. The number of hydrogen-bond donors (Lipinski definition) is 2. The van der Waals surface area contributed by atoms with Crippen molar-refractivity contribution < 1.29 is 12.9 Å². The van der Waals surface area contributed by atoms with Crippen LogP contribution in [0.5, 0.6) is 0 Å². The molecule has 1 aliphatic rings. The van der Waals surface area contributed by atoms with Crippen LogP contribution < -0.4 is 10.5 Å². The zero-order chi connectivity index (χ0) is 16.7. The Bertz CT molecular complexity index is 796. The van der Waals surface area contributed by atoms with Crippen molar-refractivity contribution in [2.45, 2.75) is 49.1 Å². The van der Waals surface area contributed by atoms with E-state index in [1.54, 1.807) is 14.0 Å². The fourth-order valence-corrected chi connectivity index (χ4v) is 3.91. The van der Waals surface area contributed by atoms with E-state index in [1.807, 2.05) is 0 Å². The molecule has 1 atom stereocenters. The average Bonchev–Trinajstić information content (AvgIpc) is 3.17. The highest BCUT2D eigenvalue weighted by Crippen LogP contribution is 2.34. The Morgan fingerprint density at radius 2 is 2.08 bits per heavy atom. The highest BCUT2D eigenvalue weighted by Gasteiger charge is 2.36. The minimum Gasteiger partial charge on any atom is -0.338 e. The average molecular weight is 377 g/mol. The number of nitrogens with zero attached hydrogens (tertiary/aromatic N) is 4. The van der Waals surface area contributed by atoms with E-state index in [-0.39, 0.29) is 23.2 Å². The third kappa shape index (κ3) is 3.61. The van der Waals surface area contributed by atoms with Crippen LogP contribution in [0.1, 0.15) is 50.4 Å². The maximum absolute atomic E-state index is 12.3. The molecule has 2 aromatic heterocycles. The van der Waals surface area contributed by atoms with Gasteiger partial charge in [-0.1, -0.05) is 18.0 Å². The summed E-state index contributed by atoms with van der Waals surface area (Å²) in [7, 11) is -2.06. The van der Waals surface area contributed by atoms with Crippen LogP contribution in [0.4, 0.5) is 0 Å². The van der Waals surface area contributed by atoms with Gasteiger partial charge in [0.25, 0.3) is 0 Å². The Morgan fingerprint density at radius 3 is 2.67 bits per heavy atom. The Balaban J connectivity index is 0.00000208. The van der Waals surface area contributed by atoms with Crippen molar-refractivity contribution in [2.75, 3.05) is 0 Å². The van der Waals surface area contributed by atoms with E-state index >= 15 is 0 Å². The first-order chi connectivity index (χ1) is 10.8. The topological polar surface area (TPSA) is 129 Å². The van der Waals surface area contributed by atoms with E-state index < -0.39 is 21.6 Å². The Labute approximate surface area is 146 Å². The van der Waals surface area contributed by atoms with Gasteiger partial charge in [-0.15, -0.1) is 12.4 Å². The SMILES string of the molecule is CC(NS(=O)(=O)c1cnn(C)c1)c1nc(C2(N)CCCC2)no1.Cl. The molecule has 1 fully saturated rings. The number of aromatic nitrogens is 4. The monoisotopic (exact) mass is 376 g/mol. The fraction of sp³-hybridized carbons (Fsp3) is 0.615. The third-order valence-electron chi connectivity index (χ3n) is 4.08. The van der Waals surface area contributed by atoms with Crippen LogP contribution in [0.25, 0.3) is 0 Å². The summed E-state index contributed by atoms with van der Waals surface area (Å²) in [6.07, 6.45) is 6.38. The minimum atomic E-state index is -3.70.